The van der Waals surface area contributed by atoms with Crippen LogP contribution in [0.5, 0.6) is 11.5 Å². The fraction of sp³-hybridized carbons (Fsp3) is 0.273. The molecule has 5 rings (SSSR count). The average Bonchev–Trinajstić information content (AvgIpc) is 3.42. The van der Waals surface area contributed by atoms with E-state index in [1.807, 2.05) is 48.0 Å². The molecule has 1 saturated carbocycles. The van der Waals surface area contributed by atoms with Gasteiger partial charge < -0.3 is 14.8 Å². The van der Waals surface area contributed by atoms with Crippen LogP contribution in [0.2, 0.25) is 0 Å². The number of anilines is 1. The van der Waals surface area contributed by atoms with Crippen LogP contribution in [-0.4, -0.2) is 21.5 Å². The van der Waals surface area contributed by atoms with Crippen molar-refractivity contribution < 1.29 is 14.3 Å². The Morgan fingerprint density at radius 3 is 2.50 bits per heavy atom. The van der Waals surface area contributed by atoms with Gasteiger partial charge >= 0.3 is 0 Å². The van der Waals surface area contributed by atoms with Crippen molar-refractivity contribution in [3.05, 3.63) is 66.0 Å². The Labute approximate surface area is 163 Å². The highest BCUT2D eigenvalue weighted by molar-refractivity contribution is 6.04. The molecule has 2 aliphatic rings. The smallest absolute Gasteiger partial charge is 0.255 e. The highest BCUT2D eigenvalue weighted by atomic mass is 16.7. The van der Waals surface area contributed by atoms with E-state index in [1.165, 1.54) is 0 Å². The van der Waals surface area contributed by atoms with Crippen LogP contribution < -0.4 is 14.8 Å². The molecule has 1 fully saturated rings. The van der Waals surface area contributed by atoms with Crippen molar-refractivity contribution in [1.82, 2.24) is 9.78 Å². The van der Waals surface area contributed by atoms with Crippen molar-refractivity contribution in [2.45, 2.75) is 38.4 Å². The van der Waals surface area contributed by atoms with Gasteiger partial charge in [0, 0.05) is 42.0 Å². The van der Waals surface area contributed by atoms with Gasteiger partial charge in [0.05, 0.1) is 5.69 Å². The van der Waals surface area contributed by atoms with Crippen molar-refractivity contribution in [3.63, 3.8) is 0 Å². The zero-order valence-corrected chi connectivity index (χ0v) is 15.6. The maximum Gasteiger partial charge on any atom is 0.255 e. The van der Waals surface area contributed by atoms with Crippen LogP contribution in [0.3, 0.4) is 0 Å². The van der Waals surface area contributed by atoms with Crippen LogP contribution >= 0.6 is 0 Å². The molecule has 3 aromatic rings. The zero-order chi connectivity index (χ0) is 19.1. The lowest BCUT2D eigenvalue weighted by Gasteiger charge is -2.21. The summed E-state index contributed by atoms with van der Waals surface area (Å²) < 4.78 is 13.9. The number of hydrogen-bond donors (Lipinski definition) is 1. The van der Waals surface area contributed by atoms with Crippen molar-refractivity contribution >= 4 is 11.6 Å². The molecular weight excluding hydrogens is 354 g/mol. The summed E-state index contributed by atoms with van der Waals surface area (Å²) in [6, 6.07) is 14.9. The molecule has 6 nitrogen and oxygen atoms in total. The van der Waals surface area contributed by atoms with E-state index in [-0.39, 0.29) is 5.91 Å². The Kier molecular flexibility index (Phi) is 3.86. The van der Waals surface area contributed by atoms with E-state index < -0.39 is 5.79 Å². The van der Waals surface area contributed by atoms with Gasteiger partial charge in [0.25, 0.3) is 11.7 Å². The lowest BCUT2D eigenvalue weighted by atomic mass is 10.2. The predicted octanol–water partition coefficient (Wildman–Crippen LogP) is 4.47. The van der Waals surface area contributed by atoms with Crippen LogP contribution in [0, 0.1) is 6.92 Å². The number of rotatable bonds is 3. The Morgan fingerprint density at radius 1 is 1.04 bits per heavy atom. The third-order valence-corrected chi connectivity index (χ3v) is 5.36. The lowest BCUT2D eigenvalue weighted by molar-refractivity contribution is -0.0716. The number of nitrogens with one attached hydrogen (secondary N) is 1. The average molecular weight is 375 g/mol. The van der Waals surface area contributed by atoms with Crippen molar-refractivity contribution in [2.24, 2.45) is 0 Å². The third-order valence-electron chi connectivity index (χ3n) is 5.36. The molecule has 0 atom stereocenters. The van der Waals surface area contributed by atoms with E-state index in [1.54, 1.807) is 18.3 Å². The molecular formula is C22H21N3O3. The summed E-state index contributed by atoms with van der Waals surface area (Å²) >= 11 is 0. The molecule has 1 aliphatic heterocycles. The number of benzene rings is 2. The van der Waals surface area contributed by atoms with Gasteiger partial charge in [0.2, 0.25) is 0 Å². The van der Waals surface area contributed by atoms with Crippen LogP contribution in [0.1, 0.15) is 41.7 Å². The molecule has 2 aromatic carbocycles. The predicted molar refractivity (Wildman–Crippen MR) is 105 cm³/mol. The van der Waals surface area contributed by atoms with Gasteiger partial charge in [-0.1, -0.05) is 0 Å². The van der Waals surface area contributed by atoms with Gasteiger partial charge in [-0.05, 0) is 62.2 Å². The minimum Gasteiger partial charge on any atom is -0.448 e. The summed E-state index contributed by atoms with van der Waals surface area (Å²) in [5.41, 5.74) is 3.23. The van der Waals surface area contributed by atoms with Gasteiger partial charge in [-0.25, -0.2) is 4.68 Å². The van der Waals surface area contributed by atoms with Crippen LogP contribution in [0.4, 0.5) is 5.69 Å². The fourth-order valence-corrected chi connectivity index (χ4v) is 3.89. The first-order valence-electron chi connectivity index (χ1n) is 9.56. The number of carbonyl (C=O) groups excluding carboxylic acids is 1. The van der Waals surface area contributed by atoms with E-state index in [9.17, 15) is 4.79 Å². The molecule has 0 radical (unpaired) electrons. The van der Waals surface area contributed by atoms with Gasteiger partial charge in [-0.15, -0.1) is 0 Å². The Morgan fingerprint density at radius 2 is 1.79 bits per heavy atom. The monoisotopic (exact) mass is 375 g/mol. The first-order valence-corrected chi connectivity index (χ1v) is 9.56. The lowest BCUT2D eigenvalue weighted by Crippen LogP contribution is -2.34. The van der Waals surface area contributed by atoms with Crippen LogP contribution in [0.15, 0.2) is 54.7 Å². The van der Waals surface area contributed by atoms with Crippen LogP contribution in [0.25, 0.3) is 5.69 Å². The molecule has 0 unspecified atom stereocenters. The molecule has 1 amide bonds. The minimum atomic E-state index is -0.495. The molecule has 6 heteroatoms. The summed E-state index contributed by atoms with van der Waals surface area (Å²) in [6.07, 6.45) is 5.81. The second-order valence-corrected chi connectivity index (χ2v) is 7.37. The SMILES string of the molecule is Cc1ccnn1-c1ccc(C(=O)Nc2ccc3c(c2)OC2(CCCC2)O3)cc1. The number of hydrogen-bond acceptors (Lipinski definition) is 4. The topological polar surface area (TPSA) is 65.4 Å². The second-order valence-electron chi connectivity index (χ2n) is 7.37. The number of ether oxygens (including phenoxy) is 2. The highest BCUT2D eigenvalue weighted by Gasteiger charge is 2.44. The first kappa shape index (κ1) is 16.9. The number of amides is 1. The molecule has 0 bridgehead atoms. The molecule has 1 aliphatic carbocycles. The number of nitrogens with zero attached hydrogens (tertiary/aromatic N) is 2. The van der Waals surface area contributed by atoms with E-state index in [0.29, 0.717) is 17.0 Å². The molecule has 1 spiro atoms. The molecule has 1 N–H and O–H groups in total. The number of carbonyl (C=O) groups is 1. The van der Waals surface area contributed by atoms with Gasteiger partial charge in [-0.3, -0.25) is 4.79 Å². The zero-order valence-electron chi connectivity index (χ0n) is 15.6. The maximum atomic E-state index is 12.6. The fourth-order valence-electron chi connectivity index (χ4n) is 3.89. The number of fused-ring (bicyclic) bond motifs is 1. The largest absolute Gasteiger partial charge is 0.448 e. The molecule has 28 heavy (non-hydrogen) atoms. The van der Waals surface area contributed by atoms with E-state index >= 15 is 0 Å². The first-order chi connectivity index (χ1) is 13.6. The van der Waals surface area contributed by atoms with Crippen molar-refractivity contribution in [1.29, 1.82) is 0 Å². The molecule has 1 aromatic heterocycles. The standard InChI is InChI=1S/C22H21N3O3/c1-15-10-13-23-25(15)18-7-4-16(5-8-18)21(26)24-17-6-9-19-20(14-17)28-22(27-19)11-2-3-12-22/h4-10,13-14H,2-3,11-12H2,1H3,(H,24,26). The maximum absolute atomic E-state index is 12.6. The summed E-state index contributed by atoms with van der Waals surface area (Å²) in [4.78, 5) is 12.6. The number of aryl methyl sites for hydroxylation is 1. The van der Waals surface area contributed by atoms with E-state index in [4.69, 9.17) is 9.47 Å². The molecule has 0 saturated heterocycles. The molecule has 142 valence electrons. The van der Waals surface area contributed by atoms with Crippen molar-refractivity contribution in [3.8, 4) is 17.2 Å². The quantitative estimate of drug-likeness (QED) is 0.733. The van der Waals surface area contributed by atoms with Gasteiger partial charge in [0.15, 0.2) is 11.5 Å². The second kappa shape index (κ2) is 6.41. The highest BCUT2D eigenvalue weighted by Crippen LogP contribution is 2.47. The Bertz CT molecular complexity index is 1030. The summed E-state index contributed by atoms with van der Waals surface area (Å²) in [5.74, 6) is 0.784. The van der Waals surface area contributed by atoms with Crippen LogP contribution in [-0.2, 0) is 0 Å². The van der Waals surface area contributed by atoms with Crippen molar-refractivity contribution in [2.75, 3.05) is 5.32 Å². The van der Waals surface area contributed by atoms with Gasteiger partial charge in [0.1, 0.15) is 0 Å². The van der Waals surface area contributed by atoms with Gasteiger partial charge in [-0.2, -0.15) is 5.10 Å². The molecule has 2 heterocycles. The summed E-state index contributed by atoms with van der Waals surface area (Å²) in [7, 11) is 0. The Balaban J connectivity index is 1.31. The number of aromatic nitrogens is 2. The Hall–Kier alpha value is -3.28. The van der Waals surface area contributed by atoms with E-state index in [2.05, 4.69) is 10.4 Å². The summed E-state index contributed by atoms with van der Waals surface area (Å²) in [5, 5.41) is 7.22. The van der Waals surface area contributed by atoms with E-state index in [0.717, 1.165) is 42.8 Å². The third kappa shape index (κ3) is 2.91. The normalized spacial score (nSPS) is 16.5. The minimum absolute atomic E-state index is 0.168. The summed E-state index contributed by atoms with van der Waals surface area (Å²) in [6.45, 7) is 1.99.